The Kier molecular flexibility index (Phi) is 5.96. The maximum atomic E-state index is 12.1. The molecule has 2 aromatic carbocycles. The number of nitrogens with one attached hydrogen (secondary N) is 2. The SMILES string of the molecule is O=C(CSCc1ccccc1)N[C@H](Cc1c[nH]c2ccccc12)C(=O)[O-]. The zero-order valence-electron chi connectivity index (χ0n) is 14.1. The number of aliphatic carboxylic acids is 1. The third-order valence-corrected chi connectivity index (χ3v) is 5.07. The molecule has 2 N–H and O–H groups in total. The largest absolute Gasteiger partial charge is 0.548 e. The van der Waals surface area contributed by atoms with Crippen molar-refractivity contribution >= 4 is 34.5 Å². The van der Waals surface area contributed by atoms with Crippen LogP contribution in [0.25, 0.3) is 10.9 Å². The van der Waals surface area contributed by atoms with Gasteiger partial charge >= 0.3 is 0 Å². The minimum Gasteiger partial charge on any atom is -0.548 e. The highest BCUT2D eigenvalue weighted by atomic mass is 32.2. The van der Waals surface area contributed by atoms with Crippen molar-refractivity contribution in [3.8, 4) is 0 Å². The Bertz CT molecular complexity index is 892. The van der Waals surface area contributed by atoms with Gasteiger partial charge in [-0.15, -0.1) is 11.8 Å². The first-order chi connectivity index (χ1) is 12.6. The van der Waals surface area contributed by atoms with Crippen molar-refractivity contribution in [2.24, 2.45) is 0 Å². The zero-order chi connectivity index (χ0) is 18.4. The van der Waals surface area contributed by atoms with Crippen LogP contribution >= 0.6 is 11.8 Å². The topological polar surface area (TPSA) is 85.0 Å². The van der Waals surface area contributed by atoms with Crippen molar-refractivity contribution in [1.82, 2.24) is 10.3 Å². The van der Waals surface area contributed by atoms with E-state index in [1.165, 1.54) is 11.8 Å². The second kappa shape index (κ2) is 8.58. The number of fused-ring (bicyclic) bond motifs is 1. The number of carbonyl (C=O) groups excluding carboxylic acids is 2. The molecule has 0 radical (unpaired) electrons. The van der Waals surface area contributed by atoms with Crippen LogP contribution in [-0.4, -0.2) is 28.7 Å². The molecule has 134 valence electrons. The van der Waals surface area contributed by atoms with Crippen LogP contribution in [0.1, 0.15) is 11.1 Å². The van der Waals surface area contributed by atoms with E-state index in [2.05, 4.69) is 10.3 Å². The van der Waals surface area contributed by atoms with Crippen molar-refractivity contribution in [3.63, 3.8) is 0 Å². The molecule has 0 bridgehead atoms. The Hall–Kier alpha value is -2.73. The fourth-order valence-electron chi connectivity index (χ4n) is 2.79. The van der Waals surface area contributed by atoms with Gasteiger partial charge in [0.15, 0.2) is 0 Å². The monoisotopic (exact) mass is 367 g/mol. The molecule has 1 heterocycles. The lowest BCUT2D eigenvalue weighted by Crippen LogP contribution is -2.49. The minimum absolute atomic E-state index is 0.182. The summed E-state index contributed by atoms with van der Waals surface area (Å²) in [5.74, 6) is -0.684. The number of para-hydroxylation sites is 1. The van der Waals surface area contributed by atoms with Gasteiger partial charge in [0.2, 0.25) is 5.91 Å². The quantitative estimate of drug-likeness (QED) is 0.637. The third-order valence-electron chi connectivity index (χ3n) is 4.06. The normalized spacial score (nSPS) is 12.0. The van der Waals surface area contributed by atoms with E-state index in [0.717, 1.165) is 22.0 Å². The summed E-state index contributed by atoms with van der Waals surface area (Å²) in [5, 5.41) is 15.0. The molecule has 1 amide bonds. The molecule has 0 spiro atoms. The molecule has 0 aliphatic rings. The molecule has 1 atom stereocenters. The molecular weight excluding hydrogens is 348 g/mol. The standard InChI is InChI=1S/C20H20N2O3S/c23-19(13-26-12-14-6-2-1-3-7-14)22-18(20(24)25)10-15-11-21-17-9-5-4-8-16(15)17/h1-9,11,18,21H,10,12-13H2,(H,22,23)(H,24,25)/p-1/t18-/m1/s1. The number of thioether (sulfide) groups is 1. The van der Waals surface area contributed by atoms with Crippen LogP contribution in [0.3, 0.4) is 0 Å². The summed E-state index contributed by atoms with van der Waals surface area (Å²) in [6.45, 7) is 0. The van der Waals surface area contributed by atoms with Crippen LogP contribution in [0.4, 0.5) is 0 Å². The molecule has 3 rings (SSSR count). The molecule has 3 aromatic rings. The number of amides is 1. The van der Waals surface area contributed by atoms with Crippen molar-refractivity contribution in [3.05, 3.63) is 71.9 Å². The Morgan fingerprint density at radius 2 is 1.81 bits per heavy atom. The molecule has 0 aliphatic carbocycles. The van der Waals surface area contributed by atoms with Crippen molar-refractivity contribution in [1.29, 1.82) is 0 Å². The summed E-state index contributed by atoms with van der Waals surface area (Å²) in [6, 6.07) is 16.4. The van der Waals surface area contributed by atoms with Crippen LogP contribution in [0.15, 0.2) is 60.8 Å². The Balaban J connectivity index is 1.56. The number of hydrogen-bond acceptors (Lipinski definition) is 4. The Morgan fingerprint density at radius 3 is 2.58 bits per heavy atom. The highest BCUT2D eigenvalue weighted by Gasteiger charge is 2.16. The molecule has 26 heavy (non-hydrogen) atoms. The maximum absolute atomic E-state index is 12.1. The van der Waals surface area contributed by atoms with Gasteiger partial charge in [0.25, 0.3) is 0 Å². The van der Waals surface area contributed by atoms with Crippen LogP contribution in [0.2, 0.25) is 0 Å². The number of rotatable bonds is 8. The second-order valence-corrected chi connectivity index (χ2v) is 6.97. The first-order valence-corrected chi connectivity index (χ1v) is 9.46. The number of aromatic nitrogens is 1. The smallest absolute Gasteiger partial charge is 0.230 e. The molecule has 0 saturated heterocycles. The van der Waals surface area contributed by atoms with E-state index in [-0.39, 0.29) is 18.1 Å². The van der Waals surface area contributed by atoms with Crippen LogP contribution in [0, 0.1) is 0 Å². The number of H-pyrrole nitrogens is 1. The van der Waals surface area contributed by atoms with Crippen molar-refractivity contribution in [2.45, 2.75) is 18.2 Å². The van der Waals surface area contributed by atoms with Crippen LogP contribution in [0.5, 0.6) is 0 Å². The third kappa shape index (κ3) is 4.67. The summed E-state index contributed by atoms with van der Waals surface area (Å²) < 4.78 is 0. The number of benzene rings is 2. The summed E-state index contributed by atoms with van der Waals surface area (Å²) in [5.41, 5.74) is 2.90. The fraction of sp³-hybridized carbons (Fsp3) is 0.200. The molecule has 6 heteroatoms. The summed E-state index contributed by atoms with van der Waals surface area (Å²) in [6.07, 6.45) is 1.96. The van der Waals surface area contributed by atoms with Gasteiger partial charge in [0, 0.05) is 29.3 Å². The molecule has 1 aromatic heterocycles. The van der Waals surface area contributed by atoms with E-state index >= 15 is 0 Å². The van der Waals surface area contributed by atoms with Gasteiger partial charge in [0.1, 0.15) is 0 Å². The Morgan fingerprint density at radius 1 is 1.08 bits per heavy atom. The number of carbonyl (C=O) groups is 2. The lowest BCUT2D eigenvalue weighted by molar-refractivity contribution is -0.308. The number of aromatic amines is 1. The number of hydrogen-bond donors (Lipinski definition) is 2. The summed E-state index contributed by atoms with van der Waals surface area (Å²) >= 11 is 1.45. The lowest BCUT2D eigenvalue weighted by Gasteiger charge is -2.19. The maximum Gasteiger partial charge on any atom is 0.230 e. The predicted octanol–water partition coefficient (Wildman–Crippen LogP) is 1.88. The fourth-order valence-corrected chi connectivity index (χ4v) is 3.58. The first-order valence-electron chi connectivity index (χ1n) is 8.30. The van der Waals surface area contributed by atoms with Crippen molar-refractivity contribution < 1.29 is 14.7 Å². The average Bonchev–Trinajstić information content (AvgIpc) is 3.05. The van der Waals surface area contributed by atoms with E-state index in [0.29, 0.717) is 5.75 Å². The van der Waals surface area contributed by atoms with Gasteiger partial charge in [-0.3, -0.25) is 4.79 Å². The molecule has 0 fully saturated rings. The Labute approximate surface area is 155 Å². The van der Waals surface area contributed by atoms with E-state index in [9.17, 15) is 14.7 Å². The predicted molar refractivity (Wildman–Crippen MR) is 102 cm³/mol. The molecule has 0 unspecified atom stereocenters. The number of carboxylic acids is 1. The zero-order valence-corrected chi connectivity index (χ0v) is 14.9. The van der Waals surface area contributed by atoms with Gasteiger partial charge in [-0.1, -0.05) is 48.5 Å². The van der Waals surface area contributed by atoms with E-state index in [4.69, 9.17) is 0 Å². The molecule has 5 nitrogen and oxygen atoms in total. The minimum atomic E-state index is -1.28. The van der Waals surface area contributed by atoms with Gasteiger partial charge < -0.3 is 20.2 Å². The van der Waals surface area contributed by atoms with E-state index in [1.54, 1.807) is 6.20 Å². The van der Waals surface area contributed by atoms with Gasteiger partial charge in [-0.25, -0.2) is 0 Å². The lowest BCUT2D eigenvalue weighted by atomic mass is 10.1. The molecule has 0 aliphatic heterocycles. The van der Waals surface area contributed by atoms with Gasteiger partial charge in [0.05, 0.1) is 17.8 Å². The van der Waals surface area contributed by atoms with Crippen LogP contribution < -0.4 is 10.4 Å². The van der Waals surface area contributed by atoms with Gasteiger partial charge in [-0.05, 0) is 17.2 Å². The second-order valence-electron chi connectivity index (χ2n) is 5.98. The van der Waals surface area contributed by atoms with Crippen LogP contribution in [-0.2, 0) is 21.8 Å². The van der Waals surface area contributed by atoms with E-state index < -0.39 is 12.0 Å². The molecular formula is C20H19N2O3S-. The average molecular weight is 367 g/mol. The highest BCUT2D eigenvalue weighted by Crippen LogP contribution is 2.19. The summed E-state index contributed by atoms with van der Waals surface area (Å²) in [7, 11) is 0. The first kappa shape index (κ1) is 18.1. The number of carboxylic acid groups (broad SMARTS) is 1. The van der Waals surface area contributed by atoms with Crippen molar-refractivity contribution in [2.75, 3.05) is 5.75 Å². The van der Waals surface area contributed by atoms with E-state index in [1.807, 2.05) is 54.6 Å². The highest BCUT2D eigenvalue weighted by molar-refractivity contribution is 7.99. The van der Waals surface area contributed by atoms with Gasteiger partial charge in [-0.2, -0.15) is 0 Å². The molecule has 0 saturated carbocycles. The summed E-state index contributed by atoms with van der Waals surface area (Å²) in [4.78, 5) is 26.7.